The Morgan fingerprint density at radius 3 is 2.50 bits per heavy atom. The molecule has 4 heteroatoms. The van der Waals surface area contributed by atoms with Crippen molar-refractivity contribution in [2.75, 3.05) is 13.1 Å². The van der Waals surface area contributed by atoms with E-state index < -0.39 is 0 Å². The average Bonchev–Trinajstić information content (AvgIpc) is 2.97. The third kappa shape index (κ3) is 3.93. The van der Waals surface area contributed by atoms with Gasteiger partial charge in [-0.1, -0.05) is 42.5 Å². The number of carbonyl (C=O) groups is 1. The number of ether oxygens (including phenoxy) is 1. The maximum absolute atomic E-state index is 11.9. The molecule has 1 fully saturated rings. The van der Waals surface area contributed by atoms with Crippen molar-refractivity contribution in [3.8, 4) is 5.75 Å². The van der Waals surface area contributed by atoms with Crippen molar-refractivity contribution in [3.63, 3.8) is 0 Å². The Hall–Kier alpha value is -2.33. The van der Waals surface area contributed by atoms with Crippen LogP contribution in [0.4, 0.5) is 0 Å². The highest BCUT2D eigenvalue weighted by molar-refractivity contribution is 5.74. The van der Waals surface area contributed by atoms with E-state index in [0.717, 1.165) is 44.6 Å². The molecule has 0 atom stereocenters. The van der Waals surface area contributed by atoms with E-state index in [4.69, 9.17) is 4.74 Å². The summed E-state index contributed by atoms with van der Waals surface area (Å²) >= 11 is 0. The molecule has 4 nitrogen and oxygen atoms in total. The second kappa shape index (κ2) is 7.25. The Bertz CT molecular complexity index is 852. The normalized spacial score (nSPS) is 20.2. The van der Waals surface area contributed by atoms with Gasteiger partial charge < -0.3 is 10.1 Å². The summed E-state index contributed by atoms with van der Waals surface area (Å²) in [4.78, 5) is 14.4. The van der Waals surface area contributed by atoms with Crippen LogP contribution < -0.4 is 10.1 Å². The largest absolute Gasteiger partial charge is 0.487 e. The van der Waals surface area contributed by atoms with Gasteiger partial charge in [-0.25, -0.2) is 0 Å². The van der Waals surface area contributed by atoms with Gasteiger partial charge in [-0.15, -0.1) is 0 Å². The molecule has 2 aromatic rings. The third-order valence-corrected chi connectivity index (χ3v) is 5.98. The molecule has 1 N–H and O–H groups in total. The highest BCUT2D eigenvalue weighted by Crippen LogP contribution is 2.36. The molecule has 0 unspecified atom stereocenters. The molecule has 0 spiro atoms. The Labute approximate surface area is 167 Å². The lowest BCUT2D eigenvalue weighted by Crippen LogP contribution is -2.52. The van der Waals surface area contributed by atoms with Gasteiger partial charge in [-0.05, 0) is 49.4 Å². The molecule has 2 aromatic carbocycles. The number of nitrogens with zero attached hydrogens (tertiary/aromatic N) is 1. The van der Waals surface area contributed by atoms with Crippen molar-refractivity contribution >= 4 is 5.91 Å². The van der Waals surface area contributed by atoms with Crippen LogP contribution in [0.25, 0.3) is 0 Å². The van der Waals surface area contributed by atoms with Gasteiger partial charge >= 0.3 is 0 Å². The van der Waals surface area contributed by atoms with Crippen LogP contribution in [0.15, 0.2) is 48.5 Å². The molecular weight excluding hydrogens is 348 g/mol. The van der Waals surface area contributed by atoms with E-state index in [9.17, 15) is 4.79 Å². The zero-order valence-electron chi connectivity index (χ0n) is 17.1. The summed E-state index contributed by atoms with van der Waals surface area (Å²) in [6.07, 6.45) is 2.82. The van der Waals surface area contributed by atoms with Gasteiger partial charge in [0.25, 0.3) is 0 Å². The van der Waals surface area contributed by atoms with Gasteiger partial charge in [0, 0.05) is 33.0 Å². The molecule has 2 heterocycles. The van der Waals surface area contributed by atoms with Crippen LogP contribution in [-0.2, 0) is 23.3 Å². The van der Waals surface area contributed by atoms with Crippen molar-refractivity contribution in [2.24, 2.45) is 0 Å². The second-order valence-corrected chi connectivity index (χ2v) is 8.89. The molecule has 4 rings (SSSR count). The number of hydrogen-bond acceptors (Lipinski definition) is 3. The number of hydrogen-bond donors (Lipinski definition) is 1. The highest BCUT2D eigenvalue weighted by atomic mass is 16.5. The third-order valence-electron chi connectivity index (χ3n) is 5.98. The van der Waals surface area contributed by atoms with Gasteiger partial charge in [-0.2, -0.15) is 0 Å². The van der Waals surface area contributed by atoms with E-state index in [0.29, 0.717) is 0 Å². The summed E-state index contributed by atoms with van der Waals surface area (Å²) < 4.78 is 6.00. The van der Waals surface area contributed by atoms with Crippen LogP contribution in [0.3, 0.4) is 0 Å². The standard InChI is InChI=1S/C24H30N2O2/c1-18(27)25-24(21-7-5-4-6-8-21)11-13-26(14-12-24)17-19-9-10-22-20(15-19)16-23(2,3)28-22/h4-10,15H,11-14,16-17H2,1-3H3,(H,25,27). The van der Waals surface area contributed by atoms with E-state index in [1.54, 1.807) is 6.92 Å². The summed E-state index contributed by atoms with van der Waals surface area (Å²) in [7, 11) is 0. The zero-order valence-corrected chi connectivity index (χ0v) is 17.1. The minimum atomic E-state index is -0.251. The lowest BCUT2D eigenvalue weighted by atomic mass is 9.80. The summed E-state index contributed by atoms with van der Waals surface area (Å²) in [5.41, 5.74) is 3.52. The van der Waals surface area contributed by atoms with Crippen molar-refractivity contribution in [3.05, 3.63) is 65.2 Å². The van der Waals surface area contributed by atoms with Crippen LogP contribution in [0, 0.1) is 0 Å². The number of amides is 1. The average molecular weight is 379 g/mol. The summed E-state index contributed by atoms with van der Waals surface area (Å²) in [6.45, 7) is 8.78. The minimum absolute atomic E-state index is 0.0403. The number of nitrogens with one attached hydrogen (secondary N) is 1. The molecule has 148 valence electrons. The van der Waals surface area contributed by atoms with Gasteiger partial charge in [0.1, 0.15) is 11.4 Å². The first-order valence-corrected chi connectivity index (χ1v) is 10.2. The molecule has 1 saturated heterocycles. The minimum Gasteiger partial charge on any atom is -0.487 e. The van der Waals surface area contributed by atoms with Crippen LogP contribution in [-0.4, -0.2) is 29.5 Å². The monoisotopic (exact) mass is 378 g/mol. The molecule has 1 amide bonds. The second-order valence-electron chi connectivity index (χ2n) is 8.89. The first-order valence-electron chi connectivity index (χ1n) is 10.2. The Morgan fingerprint density at radius 2 is 1.82 bits per heavy atom. The number of likely N-dealkylation sites (tertiary alicyclic amines) is 1. The van der Waals surface area contributed by atoms with E-state index in [2.05, 4.69) is 66.5 Å². The molecular formula is C24H30N2O2. The maximum atomic E-state index is 11.9. The summed E-state index contributed by atoms with van der Waals surface area (Å²) in [6, 6.07) is 17.0. The number of fused-ring (bicyclic) bond motifs is 1. The lowest BCUT2D eigenvalue weighted by Gasteiger charge is -2.42. The van der Waals surface area contributed by atoms with Crippen LogP contribution in [0.1, 0.15) is 50.3 Å². The zero-order chi connectivity index (χ0) is 19.8. The Morgan fingerprint density at radius 1 is 1.11 bits per heavy atom. The predicted octanol–water partition coefficient (Wildman–Crippen LogP) is 4.03. The van der Waals surface area contributed by atoms with Crippen molar-refractivity contribution in [2.45, 2.75) is 57.7 Å². The predicted molar refractivity (Wildman–Crippen MR) is 111 cm³/mol. The molecule has 0 radical (unpaired) electrons. The first-order chi connectivity index (χ1) is 13.4. The van der Waals surface area contributed by atoms with E-state index in [-0.39, 0.29) is 17.0 Å². The van der Waals surface area contributed by atoms with Gasteiger partial charge in [0.2, 0.25) is 5.91 Å². The molecule has 2 aliphatic rings. The number of rotatable bonds is 4. The maximum Gasteiger partial charge on any atom is 0.217 e. The molecule has 0 aromatic heterocycles. The Kier molecular flexibility index (Phi) is 4.92. The smallest absolute Gasteiger partial charge is 0.217 e. The number of benzene rings is 2. The lowest BCUT2D eigenvalue weighted by molar-refractivity contribution is -0.121. The topological polar surface area (TPSA) is 41.6 Å². The van der Waals surface area contributed by atoms with Crippen molar-refractivity contribution in [1.82, 2.24) is 10.2 Å². The van der Waals surface area contributed by atoms with Crippen LogP contribution >= 0.6 is 0 Å². The fraction of sp³-hybridized carbons (Fsp3) is 0.458. The Balaban J connectivity index is 1.44. The highest BCUT2D eigenvalue weighted by Gasteiger charge is 2.37. The summed E-state index contributed by atoms with van der Waals surface area (Å²) in [5, 5.41) is 3.26. The van der Waals surface area contributed by atoms with E-state index in [1.165, 1.54) is 16.7 Å². The molecule has 0 aliphatic carbocycles. The molecule has 0 saturated carbocycles. The fourth-order valence-corrected chi connectivity index (χ4v) is 4.69. The fourth-order valence-electron chi connectivity index (χ4n) is 4.69. The van der Waals surface area contributed by atoms with Crippen LogP contribution in [0.2, 0.25) is 0 Å². The van der Waals surface area contributed by atoms with Crippen molar-refractivity contribution in [1.29, 1.82) is 0 Å². The SMILES string of the molecule is CC(=O)NC1(c2ccccc2)CCN(Cc2ccc3c(c2)CC(C)(C)O3)CC1. The van der Waals surface area contributed by atoms with Gasteiger partial charge in [-0.3, -0.25) is 9.69 Å². The van der Waals surface area contributed by atoms with Gasteiger partial charge in [0.05, 0.1) is 5.54 Å². The van der Waals surface area contributed by atoms with Gasteiger partial charge in [0.15, 0.2) is 0 Å². The van der Waals surface area contributed by atoms with Crippen LogP contribution in [0.5, 0.6) is 5.75 Å². The molecule has 0 bridgehead atoms. The van der Waals surface area contributed by atoms with E-state index >= 15 is 0 Å². The number of piperidine rings is 1. The number of carbonyl (C=O) groups excluding carboxylic acids is 1. The summed E-state index contributed by atoms with van der Waals surface area (Å²) in [5.74, 6) is 1.07. The first kappa shape index (κ1) is 19.0. The molecule has 28 heavy (non-hydrogen) atoms. The van der Waals surface area contributed by atoms with Crippen molar-refractivity contribution < 1.29 is 9.53 Å². The van der Waals surface area contributed by atoms with E-state index in [1.807, 2.05) is 6.07 Å². The molecule has 2 aliphatic heterocycles. The quantitative estimate of drug-likeness (QED) is 0.873.